The predicted molar refractivity (Wildman–Crippen MR) is 131 cm³/mol. The van der Waals surface area contributed by atoms with E-state index in [2.05, 4.69) is 25.3 Å². The number of anilines is 1. The van der Waals surface area contributed by atoms with Crippen molar-refractivity contribution in [3.05, 3.63) is 24.5 Å². The second kappa shape index (κ2) is 8.75. The highest BCUT2D eigenvalue weighted by molar-refractivity contribution is 8.25. The fraction of sp³-hybridized carbons (Fsp3) is 0.545. The molecule has 2 aliphatic rings. The molecule has 2 saturated heterocycles. The lowest BCUT2D eigenvalue weighted by molar-refractivity contribution is -0.131. The first kappa shape index (κ1) is 22.9. The molecule has 182 valence electrons. The molecule has 3 atom stereocenters. The van der Waals surface area contributed by atoms with Crippen molar-refractivity contribution in [2.45, 2.75) is 51.4 Å². The zero-order chi connectivity index (χ0) is 24.0. The molecular formula is C22H30N8O3S. The van der Waals surface area contributed by atoms with Crippen molar-refractivity contribution >= 4 is 33.5 Å². The molecule has 0 unspecified atom stereocenters. The van der Waals surface area contributed by atoms with Crippen molar-refractivity contribution in [2.24, 2.45) is 5.92 Å². The molecule has 3 N–H and O–H groups in total. The van der Waals surface area contributed by atoms with Gasteiger partial charge in [-0.2, -0.15) is 10.6 Å². The van der Waals surface area contributed by atoms with Crippen LogP contribution in [0, 0.1) is 12.8 Å². The normalized spacial score (nSPS) is 23.1. The fourth-order valence-electron chi connectivity index (χ4n) is 5.00. The number of fused-ring (bicyclic) bond motifs is 2. The minimum Gasteiger partial charge on any atom is -0.356 e. The number of likely N-dealkylation sites (tertiary alicyclic amines) is 1. The van der Waals surface area contributed by atoms with Crippen LogP contribution in [0.4, 0.5) is 5.82 Å². The second-order valence-electron chi connectivity index (χ2n) is 8.95. The van der Waals surface area contributed by atoms with Gasteiger partial charge in [-0.1, -0.05) is 6.92 Å². The molecule has 5 heterocycles. The third kappa shape index (κ3) is 3.89. The zero-order valence-electron chi connectivity index (χ0n) is 19.5. The monoisotopic (exact) mass is 486 g/mol. The molecule has 34 heavy (non-hydrogen) atoms. The lowest BCUT2D eigenvalue weighted by Crippen LogP contribution is -2.42. The van der Waals surface area contributed by atoms with Gasteiger partial charge in [0, 0.05) is 37.8 Å². The standard InChI is InChI=1S/C22H30N8O3S/c1-4-16(22(31)29-10-14-6-7-34(32,33)17(14)11-29)27-19-18-21(26-12-25-19)30(5-2)20(28-18)15-8-23-13(3)24-9-15/h8-9,12,14,16-17,32-33H,4-7,10-11H2,1-3H3,(H,25,26,27)/t14-,16+,17-/m1/s1. The smallest absolute Gasteiger partial charge is 0.245 e. The minimum atomic E-state index is -2.60. The van der Waals surface area contributed by atoms with E-state index in [0.29, 0.717) is 60.4 Å². The Bertz CT molecular complexity index is 1210. The summed E-state index contributed by atoms with van der Waals surface area (Å²) in [6.45, 7) is 7.40. The molecule has 0 saturated carbocycles. The van der Waals surface area contributed by atoms with Crippen LogP contribution in [0.2, 0.25) is 0 Å². The summed E-state index contributed by atoms with van der Waals surface area (Å²) < 4.78 is 22.6. The zero-order valence-corrected chi connectivity index (χ0v) is 20.4. The lowest BCUT2D eigenvalue weighted by atomic mass is 10.1. The Kier molecular flexibility index (Phi) is 5.90. The topological polar surface area (TPSA) is 142 Å². The molecular weight excluding hydrogens is 456 g/mol. The van der Waals surface area contributed by atoms with Crippen molar-refractivity contribution in [1.29, 1.82) is 0 Å². The van der Waals surface area contributed by atoms with E-state index in [-0.39, 0.29) is 17.1 Å². The quantitative estimate of drug-likeness (QED) is 0.479. The van der Waals surface area contributed by atoms with Crippen LogP contribution in [0.1, 0.15) is 32.5 Å². The van der Waals surface area contributed by atoms with Gasteiger partial charge in [-0.3, -0.25) is 13.9 Å². The van der Waals surface area contributed by atoms with E-state index < -0.39 is 16.6 Å². The van der Waals surface area contributed by atoms with Crippen LogP contribution in [0.3, 0.4) is 0 Å². The van der Waals surface area contributed by atoms with E-state index in [4.69, 9.17) is 4.98 Å². The van der Waals surface area contributed by atoms with Crippen molar-refractivity contribution in [2.75, 3.05) is 24.2 Å². The number of carbonyl (C=O) groups is 1. The Hall–Kier alpha value is -2.83. The van der Waals surface area contributed by atoms with E-state index in [9.17, 15) is 13.9 Å². The Labute approximate surface area is 199 Å². The van der Waals surface area contributed by atoms with Crippen LogP contribution in [0.15, 0.2) is 18.7 Å². The van der Waals surface area contributed by atoms with Crippen LogP contribution in [-0.2, 0) is 11.3 Å². The van der Waals surface area contributed by atoms with E-state index in [0.717, 1.165) is 12.0 Å². The number of aromatic nitrogens is 6. The largest absolute Gasteiger partial charge is 0.356 e. The molecule has 0 spiro atoms. The summed E-state index contributed by atoms with van der Waals surface area (Å²) in [5, 5.41) is 3.08. The number of hydrogen-bond acceptors (Lipinski definition) is 9. The third-order valence-corrected chi connectivity index (χ3v) is 9.21. The molecule has 1 amide bonds. The Morgan fingerprint density at radius 1 is 1.21 bits per heavy atom. The Balaban J connectivity index is 1.42. The second-order valence-corrected chi connectivity index (χ2v) is 11.4. The van der Waals surface area contributed by atoms with Gasteiger partial charge in [0.05, 0.1) is 10.8 Å². The Morgan fingerprint density at radius 3 is 2.65 bits per heavy atom. The molecule has 0 aliphatic carbocycles. The Morgan fingerprint density at radius 2 is 1.97 bits per heavy atom. The van der Waals surface area contributed by atoms with Gasteiger partial charge in [0.2, 0.25) is 5.91 Å². The average molecular weight is 487 g/mol. The SMILES string of the molecule is CC[C@H](Nc1ncnc2c1nc(-c1cnc(C)nc1)n2CC)C(=O)N1C[C@H]2CCS(O)(O)[C@@H]2C1. The number of rotatable bonds is 6. The molecule has 0 radical (unpaired) electrons. The number of carbonyl (C=O) groups excluding carboxylic acids is 1. The van der Waals surface area contributed by atoms with E-state index in [1.807, 2.05) is 25.3 Å². The molecule has 0 aromatic carbocycles. The highest BCUT2D eigenvalue weighted by Gasteiger charge is 2.48. The summed E-state index contributed by atoms with van der Waals surface area (Å²) in [5.41, 5.74) is 2.03. The van der Waals surface area contributed by atoms with Gasteiger partial charge in [0.25, 0.3) is 0 Å². The molecule has 11 nitrogen and oxygen atoms in total. The fourth-order valence-corrected chi connectivity index (χ4v) is 7.21. The maximum absolute atomic E-state index is 13.4. The third-order valence-electron chi connectivity index (χ3n) is 6.87. The van der Waals surface area contributed by atoms with Crippen LogP contribution in [0.5, 0.6) is 0 Å². The molecule has 2 fully saturated rings. The van der Waals surface area contributed by atoms with Gasteiger partial charge in [0.1, 0.15) is 24.0 Å². The molecule has 0 bridgehead atoms. The van der Waals surface area contributed by atoms with Crippen molar-refractivity contribution < 1.29 is 13.9 Å². The molecule has 5 rings (SSSR count). The van der Waals surface area contributed by atoms with Crippen molar-refractivity contribution in [3.8, 4) is 11.4 Å². The number of imidazole rings is 1. The first-order chi connectivity index (χ1) is 16.3. The van der Waals surface area contributed by atoms with Gasteiger partial charge in [-0.05, 0) is 32.6 Å². The van der Waals surface area contributed by atoms with Crippen LogP contribution in [0.25, 0.3) is 22.6 Å². The summed E-state index contributed by atoms with van der Waals surface area (Å²) in [7, 11) is -2.60. The summed E-state index contributed by atoms with van der Waals surface area (Å²) in [5.74, 6) is 2.43. The van der Waals surface area contributed by atoms with Crippen molar-refractivity contribution in [1.82, 2.24) is 34.4 Å². The number of hydrogen-bond donors (Lipinski definition) is 3. The summed E-state index contributed by atoms with van der Waals surface area (Å²) in [6, 6.07) is -0.503. The van der Waals surface area contributed by atoms with Gasteiger partial charge in [0.15, 0.2) is 17.0 Å². The first-order valence-electron chi connectivity index (χ1n) is 11.6. The van der Waals surface area contributed by atoms with Gasteiger partial charge < -0.3 is 14.8 Å². The van der Waals surface area contributed by atoms with E-state index >= 15 is 0 Å². The molecule has 3 aromatic heterocycles. The minimum absolute atomic E-state index is 0.0547. The van der Waals surface area contributed by atoms with Gasteiger partial charge in [-0.15, -0.1) is 0 Å². The predicted octanol–water partition coefficient (Wildman–Crippen LogP) is 2.78. The number of nitrogens with one attached hydrogen (secondary N) is 1. The molecule has 3 aromatic rings. The van der Waals surface area contributed by atoms with Crippen molar-refractivity contribution in [3.63, 3.8) is 0 Å². The number of nitrogens with zero attached hydrogens (tertiary/aromatic N) is 7. The van der Waals surface area contributed by atoms with Crippen LogP contribution in [-0.4, -0.2) is 79.5 Å². The summed E-state index contributed by atoms with van der Waals surface area (Å²) >= 11 is 0. The molecule has 12 heteroatoms. The number of amides is 1. The highest BCUT2D eigenvalue weighted by atomic mass is 32.3. The maximum atomic E-state index is 13.4. The van der Waals surface area contributed by atoms with E-state index in [1.165, 1.54) is 6.33 Å². The first-order valence-corrected chi connectivity index (χ1v) is 13.4. The van der Waals surface area contributed by atoms with Gasteiger partial charge >= 0.3 is 0 Å². The van der Waals surface area contributed by atoms with E-state index in [1.54, 1.807) is 17.3 Å². The van der Waals surface area contributed by atoms with Crippen LogP contribution < -0.4 is 5.32 Å². The maximum Gasteiger partial charge on any atom is 0.245 e. The average Bonchev–Trinajstić information content (AvgIpc) is 3.50. The summed E-state index contributed by atoms with van der Waals surface area (Å²) in [6.07, 6.45) is 6.26. The van der Waals surface area contributed by atoms with Gasteiger partial charge in [-0.25, -0.2) is 24.9 Å². The summed E-state index contributed by atoms with van der Waals surface area (Å²) in [4.78, 5) is 37.4. The lowest BCUT2D eigenvalue weighted by Gasteiger charge is -2.34. The number of aryl methyl sites for hydroxylation is 2. The molecule has 2 aliphatic heterocycles. The highest BCUT2D eigenvalue weighted by Crippen LogP contribution is 2.57. The van der Waals surface area contributed by atoms with Crippen LogP contribution >= 0.6 is 10.6 Å².